The zero-order chi connectivity index (χ0) is 33.2. The molecule has 242 valence electrons. The number of benzene rings is 2. The third-order valence-electron chi connectivity index (χ3n) is 8.26. The molecule has 14 heteroatoms. The number of esters is 2. The molecular formula is C32H37N5O8Si. The van der Waals surface area contributed by atoms with Crippen LogP contribution in [0.1, 0.15) is 54.6 Å². The second-order valence-electron chi connectivity index (χ2n) is 12.5. The number of H-pyrrole nitrogens is 1. The molecule has 0 unspecified atom stereocenters. The number of amides is 1. The lowest BCUT2D eigenvalue weighted by molar-refractivity contribution is -0.114. The summed E-state index contributed by atoms with van der Waals surface area (Å²) in [5.74, 6) is -1.72. The molecule has 5 rings (SSSR count). The Morgan fingerprint density at radius 3 is 2.04 bits per heavy atom. The summed E-state index contributed by atoms with van der Waals surface area (Å²) in [5, 5.41) is 2.42. The maximum Gasteiger partial charge on any atom is 0.338 e. The lowest BCUT2D eigenvalue weighted by Gasteiger charge is -2.37. The first-order valence-electron chi connectivity index (χ1n) is 14.8. The maximum atomic E-state index is 13.5. The number of hydrogen-bond acceptors (Lipinski definition) is 10. The Bertz CT molecular complexity index is 1790. The number of nitrogens with zero attached hydrogens (tertiary/aromatic N) is 3. The minimum atomic E-state index is -2.34. The molecule has 2 aromatic heterocycles. The van der Waals surface area contributed by atoms with Crippen molar-refractivity contribution >= 4 is 43.1 Å². The summed E-state index contributed by atoms with van der Waals surface area (Å²) in [6.45, 7) is 11.7. The van der Waals surface area contributed by atoms with Crippen LogP contribution < -0.4 is 11.0 Å². The van der Waals surface area contributed by atoms with Crippen LogP contribution >= 0.6 is 0 Å². The number of nitrogens with one attached hydrogen (secondary N) is 2. The van der Waals surface area contributed by atoms with Gasteiger partial charge in [-0.05, 0) is 42.4 Å². The van der Waals surface area contributed by atoms with Crippen molar-refractivity contribution in [2.45, 2.75) is 70.4 Å². The molecule has 1 aliphatic heterocycles. The van der Waals surface area contributed by atoms with Crippen LogP contribution in [0.15, 0.2) is 71.8 Å². The van der Waals surface area contributed by atoms with Gasteiger partial charge in [0.2, 0.25) is 5.91 Å². The highest BCUT2D eigenvalue weighted by Crippen LogP contribution is 2.40. The molecule has 0 spiro atoms. The zero-order valence-corrected chi connectivity index (χ0v) is 27.5. The summed E-state index contributed by atoms with van der Waals surface area (Å²) in [4.78, 5) is 63.3. The molecule has 13 nitrogen and oxygen atoms in total. The van der Waals surface area contributed by atoms with Gasteiger partial charge in [-0.15, -0.1) is 0 Å². The SMILES string of the molecule is CC(=O)Nc1ncnc2c1[nH]c(=O)n2[C@@H]1O[C@H](CO[Si](C)(C)C(C)(C)C)[C@@H](OC(=O)c2ccccc2)[C@H]1OC(=O)c1ccccc1. The number of carbonyl (C=O) groups is 3. The topological polar surface area (TPSA) is 164 Å². The van der Waals surface area contributed by atoms with Gasteiger partial charge >= 0.3 is 17.6 Å². The second kappa shape index (κ2) is 13.0. The Hall–Kier alpha value is -4.66. The Balaban J connectivity index is 1.61. The summed E-state index contributed by atoms with van der Waals surface area (Å²) in [7, 11) is -2.34. The number of carbonyl (C=O) groups excluding carboxylic acids is 3. The average Bonchev–Trinajstić information content (AvgIpc) is 3.52. The summed E-state index contributed by atoms with van der Waals surface area (Å²) in [5.41, 5.74) is 0.0656. The summed E-state index contributed by atoms with van der Waals surface area (Å²) in [6.07, 6.45) is -3.58. The fourth-order valence-corrected chi connectivity index (χ4v) is 5.81. The third-order valence-corrected chi connectivity index (χ3v) is 12.8. The number of hydrogen-bond donors (Lipinski definition) is 2. The zero-order valence-electron chi connectivity index (χ0n) is 26.5. The van der Waals surface area contributed by atoms with Crippen LogP contribution in [-0.4, -0.2) is 70.6 Å². The first-order chi connectivity index (χ1) is 21.8. The van der Waals surface area contributed by atoms with Gasteiger partial charge in [0.1, 0.15) is 17.9 Å². The number of fused-ring (bicyclic) bond motifs is 1. The van der Waals surface area contributed by atoms with Gasteiger partial charge in [-0.1, -0.05) is 57.2 Å². The number of rotatable bonds is 9. The highest BCUT2D eigenvalue weighted by molar-refractivity contribution is 6.74. The van der Waals surface area contributed by atoms with Crippen molar-refractivity contribution in [2.24, 2.45) is 0 Å². The Kier molecular flexibility index (Phi) is 9.24. The summed E-state index contributed by atoms with van der Waals surface area (Å²) in [6, 6.07) is 16.7. The van der Waals surface area contributed by atoms with Crippen molar-refractivity contribution < 1.29 is 33.0 Å². The van der Waals surface area contributed by atoms with Gasteiger partial charge in [0.25, 0.3) is 0 Å². The van der Waals surface area contributed by atoms with Crippen LogP contribution in [0.5, 0.6) is 0 Å². The second-order valence-corrected chi connectivity index (χ2v) is 17.3. The van der Waals surface area contributed by atoms with E-state index in [0.717, 1.165) is 0 Å². The molecule has 4 atom stereocenters. The minimum absolute atomic E-state index is 0.0116. The molecule has 2 aromatic carbocycles. The molecule has 0 saturated carbocycles. The van der Waals surface area contributed by atoms with E-state index in [0.29, 0.717) is 0 Å². The lowest BCUT2D eigenvalue weighted by Crippen LogP contribution is -2.46. The smallest absolute Gasteiger partial charge is 0.338 e. The standard InChI is InChI=1S/C32H37N5O8Si/c1-19(38)35-26-23-27(34-18-33-26)37(31(41)36-23)28-25(45-30(40)21-15-11-8-12-16-21)24(44-29(39)20-13-9-7-10-14-20)22(43-28)17-42-46(5,6)32(2,3)4/h7-16,18,22,24-25,28H,17H2,1-6H3,(H,36,41)(H,33,34,35,38)/t22-,24-,25-,28-/m1/s1. The van der Waals surface area contributed by atoms with Gasteiger partial charge in [0.15, 0.2) is 38.2 Å². The Labute approximate surface area is 266 Å². The van der Waals surface area contributed by atoms with Gasteiger partial charge in [0.05, 0.1) is 17.7 Å². The molecule has 0 aliphatic carbocycles. The Morgan fingerprint density at radius 1 is 0.935 bits per heavy atom. The number of aromatic amines is 1. The average molecular weight is 648 g/mol. The van der Waals surface area contributed by atoms with E-state index < -0.39 is 56.4 Å². The molecule has 1 saturated heterocycles. The molecule has 1 fully saturated rings. The van der Waals surface area contributed by atoms with E-state index in [-0.39, 0.29) is 39.8 Å². The monoisotopic (exact) mass is 647 g/mol. The normalized spacial score (nSPS) is 20.0. The van der Waals surface area contributed by atoms with E-state index in [1.807, 2.05) is 0 Å². The van der Waals surface area contributed by atoms with Crippen molar-refractivity contribution in [1.29, 1.82) is 0 Å². The molecular weight excluding hydrogens is 610 g/mol. The van der Waals surface area contributed by atoms with Crippen LogP contribution in [0.4, 0.5) is 5.82 Å². The Morgan fingerprint density at radius 2 is 1.50 bits per heavy atom. The van der Waals surface area contributed by atoms with Gasteiger partial charge in [0, 0.05) is 6.92 Å². The molecule has 1 amide bonds. The molecule has 1 aliphatic rings. The number of imidazole rings is 1. The molecule has 0 bridgehead atoms. The summed E-state index contributed by atoms with van der Waals surface area (Å²) >= 11 is 0. The predicted octanol–water partition coefficient (Wildman–Crippen LogP) is 4.45. The van der Waals surface area contributed by atoms with Gasteiger partial charge in [-0.2, -0.15) is 0 Å². The number of anilines is 1. The summed E-state index contributed by atoms with van der Waals surface area (Å²) < 4.78 is 26.2. The van der Waals surface area contributed by atoms with Crippen LogP contribution in [0.25, 0.3) is 11.2 Å². The van der Waals surface area contributed by atoms with E-state index in [1.165, 1.54) is 17.8 Å². The van der Waals surface area contributed by atoms with Crippen LogP contribution in [0.3, 0.4) is 0 Å². The van der Waals surface area contributed by atoms with Crippen LogP contribution in [0.2, 0.25) is 18.1 Å². The molecule has 0 radical (unpaired) electrons. The number of ether oxygens (including phenoxy) is 3. The number of aromatic nitrogens is 4. The molecule has 2 N–H and O–H groups in total. The van der Waals surface area contributed by atoms with E-state index in [4.69, 9.17) is 18.6 Å². The molecule has 4 aromatic rings. The predicted molar refractivity (Wildman–Crippen MR) is 171 cm³/mol. The lowest BCUT2D eigenvalue weighted by atomic mass is 10.1. The highest BCUT2D eigenvalue weighted by atomic mass is 28.4. The van der Waals surface area contributed by atoms with E-state index in [2.05, 4.69) is 54.1 Å². The van der Waals surface area contributed by atoms with Crippen molar-refractivity contribution in [3.63, 3.8) is 0 Å². The van der Waals surface area contributed by atoms with Gasteiger partial charge in [-0.25, -0.2) is 28.9 Å². The van der Waals surface area contributed by atoms with E-state index >= 15 is 0 Å². The fraction of sp³-hybridized carbons (Fsp3) is 0.375. The molecule has 3 heterocycles. The fourth-order valence-electron chi connectivity index (χ4n) is 4.79. The van der Waals surface area contributed by atoms with Crippen molar-refractivity contribution in [3.05, 3.63) is 88.6 Å². The molecule has 46 heavy (non-hydrogen) atoms. The van der Waals surface area contributed by atoms with Crippen molar-refractivity contribution in [3.8, 4) is 0 Å². The highest BCUT2D eigenvalue weighted by Gasteiger charge is 2.53. The van der Waals surface area contributed by atoms with Crippen LogP contribution in [0, 0.1) is 0 Å². The largest absolute Gasteiger partial charge is 0.452 e. The minimum Gasteiger partial charge on any atom is -0.452 e. The van der Waals surface area contributed by atoms with E-state index in [9.17, 15) is 19.2 Å². The third kappa shape index (κ3) is 6.78. The quantitative estimate of drug-likeness (QED) is 0.196. The van der Waals surface area contributed by atoms with Gasteiger partial charge in [-0.3, -0.25) is 4.79 Å². The van der Waals surface area contributed by atoms with E-state index in [1.54, 1.807) is 60.7 Å². The van der Waals surface area contributed by atoms with Crippen LogP contribution in [-0.2, 0) is 23.4 Å². The van der Waals surface area contributed by atoms with Crippen molar-refractivity contribution in [2.75, 3.05) is 11.9 Å². The first-order valence-corrected chi connectivity index (χ1v) is 17.7. The van der Waals surface area contributed by atoms with Gasteiger partial charge < -0.3 is 28.9 Å². The van der Waals surface area contributed by atoms with Crippen molar-refractivity contribution in [1.82, 2.24) is 19.5 Å². The maximum absolute atomic E-state index is 13.5. The first kappa shape index (κ1) is 32.7.